The molecule has 2 aromatic carbocycles. The van der Waals surface area contributed by atoms with E-state index in [1.54, 1.807) is 24.4 Å². The lowest BCUT2D eigenvalue weighted by Crippen LogP contribution is -2.47. The summed E-state index contributed by atoms with van der Waals surface area (Å²) >= 11 is 5.90. The number of aryl methyl sites for hydroxylation is 2. The number of piperazine rings is 1. The Morgan fingerprint density at radius 3 is 2.58 bits per heavy atom. The number of thiazole rings is 1. The first-order valence-corrected chi connectivity index (χ1v) is 18.9. The molecule has 0 spiro atoms. The van der Waals surface area contributed by atoms with Gasteiger partial charge < -0.3 is 25.6 Å². The summed E-state index contributed by atoms with van der Waals surface area (Å²) in [5, 5.41) is 12.0. The van der Waals surface area contributed by atoms with E-state index in [9.17, 15) is 19.2 Å². The van der Waals surface area contributed by atoms with Gasteiger partial charge in [-0.2, -0.15) is 0 Å². The molecular formula is C37H44ClN9O5S. The van der Waals surface area contributed by atoms with E-state index in [1.165, 1.54) is 17.7 Å². The highest BCUT2D eigenvalue weighted by Crippen LogP contribution is 2.28. The van der Waals surface area contributed by atoms with Gasteiger partial charge in [-0.3, -0.25) is 29.4 Å². The second-order valence-electron chi connectivity index (χ2n) is 12.5. The zero-order valence-electron chi connectivity index (χ0n) is 30.0. The summed E-state index contributed by atoms with van der Waals surface area (Å²) in [7, 11) is 0. The fourth-order valence-corrected chi connectivity index (χ4v) is 6.70. The summed E-state index contributed by atoms with van der Waals surface area (Å²) in [5.41, 5.74) is 2.51. The number of carbonyl (C=O) groups excluding carboxylic acids is 4. The molecule has 4 aromatic rings. The smallest absolute Gasteiger partial charge is 0.267 e. The second kappa shape index (κ2) is 19.1. The number of benzene rings is 2. The first kappa shape index (κ1) is 39.1. The van der Waals surface area contributed by atoms with Gasteiger partial charge in [0.1, 0.15) is 28.1 Å². The lowest BCUT2D eigenvalue weighted by Gasteiger charge is -2.35. The topological polar surface area (TPSA) is 171 Å². The van der Waals surface area contributed by atoms with E-state index in [0.29, 0.717) is 46.8 Å². The van der Waals surface area contributed by atoms with Gasteiger partial charge in [0.05, 0.1) is 12.1 Å². The van der Waals surface area contributed by atoms with E-state index in [2.05, 4.69) is 57.6 Å². The number of amides is 4. The number of piperidine rings is 1. The summed E-state index contributed by atoms with van der Waals surface area (Å²) in [6, 6.07) is 16.6. The highest BCUT2D eigenvalue weighted by molar-refractivity contribution is 7.17. The number of carbonyl (C=O) groups is 4. The molecule has 2 saturated heterocycles. The van der Waals surface area contributed by atoms with E-state index in [-0.39, 0.29) is 30.2 Å². The Morgan fingerprint density at radius 2 is 1.81 bits per heavy atom. The number of imide groups is 1. The van der Waals surface area contributed by atoms with Crippen molar-refractivity contribution in [1.82, 2.24) is 30.5 Å². The van der Waals surface area contributed by atoms with Crippen LogP contribution in [0.15, 0.2) is 60.8 Å². The minimum absolute atomic E-state index is 0.125. The summed E-state index contributed by atoms with van der Waals surface area (Å²) < 4.78 is 5.68. The van der Waals surface area contributed by atoms with Gasteiger partial charge in [-0.25, -0.2) is 15.0 Å². The third-order valence-electron chi connectivity index (χ3n) is 8.72. The molecule has 0 aliphatic carbocycles. The van der Waals surface area contributed by atoms with Crippen LogP contribution in [0, 0.1) is 13.8 Å². The lowest BCUT2D eigenvalue weighted by molar-refractivity contribution is -0.134. The first-order valence-electron chi connectivity index (χ1n) is 17.3. The zero-order valence-corrected chi connectivity index (χ0v) is 31.6. The number of rotatable bonds is 13. The van der Waals surface area contributed by atoms with Crippen LogP contribution < -0.4 is 30.9 Å². The Bertz CT molecular complexity index is 1900. The van der Waals surface area contributed by atoms with Gasteiger partial charge in [-0.15, -0.1) is 11.6 Å². The number of halogens is 1. The van der Waals surface area contributed by atoms with Crippen molar-refractivity contribution in [2.45, 2.75) is 39.0 Å². The highest BCUT2D eigenvalue weighted by atomic mass is 35.5. The SMILES string of the molecule is CCl.Cc1nc(Nc2ncc(C(=O)Nc3ccccc3C)s2)cc(N2CCN(CCCNC(=O)COc3cccc(C4CCC(=O)NC4=O)c3)CC2)n1. The molecule has 0 radical (unpaired) electrons. The maximum Gasteiger partial charge on any atom is 0.267 e. The van der Waals surface area contributed by atoms with E-state index >= 15 is 0 Å². The molecule has 2 aliphatic rings. The van der Waals surface area contributed by atoms with E-state index in [0.717, 1.165) is 61.8 Å². The fraction of sp³-hybridized carbons (Fsp3) is 0.378. The first-order chi connectivity index (χ1) is 25.7. The number of alkyl halides is 1. The van der Waals surface area contributed by atoms with Crippen LogP contribution >= 0.6 is 22.9 Å². The van der Waals surface area contributed by atoms with E-state index in [4.69, 9.17) is 4.74 Å². The molecule has 1 unspecified atom stereocenters. The molecule has 4 heterocycles. The van der Waals surface area contributed by atoms with Gasteiger partial charge in [0, 0.05) is 57.3 Å². The third-order valence-corrected chi connectivity index (χ3v) is 9.63. The maximum absolute atomic E-state index is 12.8. The largest absolute Gasteiger partial charge is 0.484 e. The Kier molecular flexibility index (Phi) is 14.1. The van der Waals surface area contributed by atoms with Gasteiger partial charge in [-0.1, -0.05) is 41.7 Å². The van der Waals surface area contributed by atoms with Crippen LogP contribution in [0.25, 0.3) is 0 Å². The monoisotopic (exact) mass is 761 g/mol. The Morgan fingerprint density at radius 1 is 1.02 bits per heavy atom. The Labute approximate surface area is 317 Å². The predicted molar refractivity (Wildman–Crippen MR) is 206 cm³/mol. The zero-order chi connectivity index (χ0) is 37.7. The highest BCUT2D eigenvalue weighted by Gasteiger charge is 2.28. The van der Waals surface area contributed by atoms with E-state index < -0.39 is 5.92 Å². The number of hydrogen-bond acceptors (Lipinski definition) is 12. The van der Waals surface area contributed by atoms with E-state index in [1.807, 2.05) is 50.2 Å². The molecule has 53 heavy (non-hydrogen) atoms. The van der Waals surface area contributed by atoms with Crippen molar-refractivity contribution in [3.8, 4) is 5.75 Å². The Hall–Kier alpha value is -5.12. The molecule has 280 valence electrons. The maximum atomic E-state index is 12.8. The molecule has 4 N–H and O–H groups in total. The molecule has 16 heteroatoms. The van der Waals surface area contributed by atoms with Crippen LogP contribution in [0.2, 0.25) is 0 Å². The molecular weight excluding hydrogens is 718 g/mol. The van der Waals surface area contributed by atoms with Gasteiger partial charge in [0.2, 0.25) is 11.8 Å². The fourth-order valence-electron chi connectivity index (χ4n) is 5.99. The normalized spacial score (nSPS) is 15.8. The van der Waals surface area contributed by atoms with Crippen molar-refractivity contribution in [1.29, 1.82) is 0 Å². The molecule has 6 rings (SSSR count). The van der Waals surface area contributed by atoms with Crippen molar-refractivity contribution >= 4 is 69.0 Å². The Balaban J connectivity index is 0.00000266. The van der Waals surface area contributed by atoms with Crippen molar-refractivity contribution in [2.24, 2.45) is 0 Å². The molecule has 1 atom stereocenters. The van der Waals surface area contributed by atoms with Crippen LogP contribution in [0.5, 0.6) is 5.75 Å². The number of hydrogen-bond donors (Lipinski definition) is 4. The van der Waals surface area contributed by atoms with Gasteiger partial charge in [0.25, 0.3) is 11.8 Å². The molecule has 0 bridgehead atoms. The molecule has 2 fully saturated rings. The molecule has 2 aromatic heterocycles. The number of aromatic nitrogens is 3. The quantitative estimate of drug-likeness (QED) is 0.0851. The molecule has 4 amide bonds. The summed E-state index contributed by atoms with van der Waals surface area (Å²) in [4.78, 5) is 67.5. The number of nitrogens with one attached hydrogen (secondary N) is 4. The average Bonchev–Trinajstić information content (AvgIpc) is 3.63. The summed E-state index contributed by atoms with van der Waals surface area (Å²) in [6.07, 6.45) is 4.59. The van der Waals surface area contributed by atoms with Gasteiger partial charge in [-0.05, 0) is 62.6 Å². The average molecular weight is 762 g/mol. The third kappa shape index (κ3) is 11.2. The van der Waals surface area contributed by atoms with Crippen LogP contribution in [0.4, 0.5) is 22.5 Å². The molecule has 0 saturated carbocycles. The number of nitrogens with zero attached hydrogens (tertiary/aromatic N) is 5. The molecule has 2 aliphatic heterocycles. The second-order valence-corrected chi connectivity index (χ2v) is 13.5. The number of ether oxygens (including phenoxy) is 1. The predicted octanol–water partition coefficient (Wildman–Crippen LogP) is 4.63. The van der Waals surface area contributed by atoms with Crippen molar-refractivity contribution in [2.75, 3.05) is 67.8 Å². The van der Waals surface area contributed by atoms with Crippen molar-refractivity contribution in [3.63, 3.8) is 0 Å². The van der Waals surface area contributed by atoms with Crippen LogP contribution in [0.3, 0.4) is 0 Å². The van der Waals surface area contributed by atoms with Crippen LogP contribution in [-0.2, 0) is 14.4 Å². The van der Waals surface area contributed by atoms with Gasteiger partial charge >= 0.3 is 0 Å². The number of para-hydroxylation sites is 1. The summed E-state index contributed by atoms with van der Waals surface area (Å²) in [5.74, 6) is 1.18. The minimum Gasteiger partial charge on any atom is -0.484 e. The standard InChI is InChI=1S/C36H41N9O5S.CH3Cl/c1-23-7-3-4-10-28(23)41-35(49)29-21-38-36(51-29)42-30-20-31(40-24(2)39-30)45-17-15-44(16-18-45)14-6-13-37-33(47)22-50-26-9-5-8-25(19-26)27-11-12-32(46)43-34(27)48;1-2/h3-5,7-10,19-21,27H,6,11-18,22H2,1-2H3,(H,37,47)(H,41,49)(H,43,46,48)(H,38,39,40,42);1H3. The van der Waals surface area contributed by atoms with Crippen LogP contribution in [-0.4, -0.2) is 95.7 Å². The lowest BCUT2D eigenvalue weighted by atomic mass is 9.90. The number of anilines is 4. The minimum atomic E-state index is -0.406. The van der Waals surface area contributed by atoms with Crippen LogP contribution in [0.1, 0.15) is 51.8 Å². The summed E-state index contributed by atoms with van der Waals surface area (Å²) in [6.45, 7) is 8.38. The van der Waals surface area contributed by atoms with Crippen molar-refractivity contribution < 1.29 is 23.9 Å². The molecule has 14 nitrogen and oxygen atoms in total. The van der Waals surface area contributed by atoms with Gasteiger partial charge in [0.15, 0.2) is 11.7 Å². The van der Waals surface area contributed by atoms with Crippen molar-refractivity contribution in [3.05, 3.63) is 82.6 Å².